The summed E-state index contributed by atoms with van der Waals surface area (Å²) in [6, 6.07) is 0.727. The van der Waals surface area contributed by atoms with E-state index in [-0.39, 0.29) is 0 Å². The number of hydrogen-bond acceptors (Lipinski definition) is 2. The van der Waals surface area contributed by atoms with Crippen LogP contribution >= 0.6 is 0 Å². The van der Waals surface area contributed by atoms with Crippen LogP contribution in [0.2, 0.25) is 0 Å². The fourth-order valence-electron chi connectivity index (χ4n) is 2.26. The van der Waals surface area contributed by atoms with Gasteiger partial charge in [-0.2, -0.15) is 0 Å². The first-order valence-electron chi connectivity index (χ1n) is 6.30. The van der Waals surface area contributed by atoms with Crippen molar-refractivity contribution < 1.29 is 0 Å². The van der Waals surface area contributed by atoms with Crippen LogP contribution in [0.15, 0.2) is 0 Å². The van der Waals surface area contributed by atoms with Crippen LogP contribution < -0.4 is 10.6 Å². The van der Waals surface area contributed by atoms with Gasteiger partial charge in [0.25, 0.3) is 0 Å². The SMILES string of the molecule is CCCCC(CC)CC1CNCCN1. The molecule has 1 aliphatic rings. The van der Waals surface area contributed by atoms with Gasteiger partial charge < -0.3 is 10.6 Å². The third kappa shape index (κ3) is 4.43. The molecule has 1 aliphatic heterocycles. The van der Waals surface area contributed by atoms with E-state index in [1.54, 1.807) is 0 Å². The molecule has 0 saturated carbocycles. The highest BCUT2D eigenvalue weighted by atomic mass is 15.0. The van der Waals surface area contributed by atoms with Crippen molar-refractivity contribution in [1.82, 2.24) is 10.6 Å². The lowest BCUT2D eigenvalue weighted by Crippen LogP contribution is -2.48. The van der Waals surface area contributed by atoms with Gasteiger partial charge in [0.1, 0.15) is 0 Å². The topological polar surface area (TPSA) is 24.1 Å². The van der Waals surface area contributed by atoms with E-state index in [1.165, 1.54) is 38.6 Å². The molecule has 1 saturated heterocycles. The predicted molar refractivity (Wildman–Crippen MR) is 62.6 cm³/mol. The maximum atomic E-state index is 3.60. The van der Waals surface area contributed by atoms with Crippen molar-refractivity contribution in [3.05, 3.63) is 0 Å². The molecule has 2 nitrogen and oxygen atoms in total. The second-order valence-corrected chi connectivity index (χ2v) is 4.51. The van der Waals surface area contributed by atoms with Crippen LogP contribution in [-0.4, -0.2) is 25.7 Å². The Hall–Kier alpha value is -0.0800. The Morgan fingerprint density at radius 2 is 2.14 bits per heavy atom. The fourth-order valence-corrected chi connectivity index (χ4v) is 2.26. The predicted octanol–water partition coefficient (Wildman–Crippen LogP) is 2.15. The van der Waals surface area contributed by atoms with Crippen molar-refractivity contribution in [3.8, 4) is 0 Å². The number of unbranched alkanes of at least 4 members (excludes halogenated alkanes) is 1. The van der Waals surface area contributed by atoms with Crippen molar-refractivity contribution in [2.45, 2.75) is 52.0 Å². The van der Waals surface area contributed by atoms with E-state index < -0.39 is 0 Å². The molecule has 2 unspecified atom stereocenters. The van der Waals surface area contributed by atoms with E-state index in [4.69, 9.17) is 0 Å². The Morgan fingerprint density at radius 3 is 2.71 bits per heavy atom. The Bertz CT molecular complexity index is 130. The molecule has 0 aromatic heterocycles. The van der Waals surface area contributed by atoms with Gasteiger partial charge in [0, 0.05) is 25.7 Å². The monoisotopic (exact) mass is 198 g/mol. The molecule has 0 aromatic carbocycles. The smallest absolute Gasteiger partial charge is 0.0195 e. The van der Waals surface area contributed by atoms with E-state index in [9.17, 15) is 0 Å². The molecule has 1 fully saturated rings. The molecule has 1 rings (SSSR count). The van der Waals surface area contributed by atoms with Crippen molar-refractivity contribution in [1.29, 1.82) is 0 Å². The summed E-state index contributed by atoms with van der Waals surface area (Å²) in [5.74, 6) is 0.937. The molecule has 14 heavy (non-hydrogen) atoms. The molecule has 0 amide bonds. The number of hydrogen-bond donors (Lipinski definition) is 2. The summed E-state index contributed by atoms with van der Waals surface area (Å²) < 4.78 is 0. The summed E-state index contributed by atoms with van der Waals surface area (Å²) in [5, 5.41) is 7.06. The zero-order chi connectivity index (χ0) is 10.2. The first-order chi connectivity index (χ1) is 6.86. The third-order valence-corrected chi connectivity index (χ3v) is 3.29. The van der Waals surface area contributed by atoms with E-state index in [1.807, 2.05) is 0 Å². The van der Waals surface area contributed by atoms with E-state index >= 15 is 0 Å². The van der Waals surface area contributed by atoms with Crippen molar-refractivity contribution >= 4 is 0 Å². The van der Waals surface area contributed by atoms with Crippen LogP contribution in [0.25, 0.3) is 0 Å². The highest BCUT2D eigenvalue weighted by Gasteiger charge is 2.16. The van der Waals surface area contributed by atoms with Gasteiger partial charge in [-0.15, -0.1) is 0 Å². The van der Waals surface area contributed by atoms with Crippen LogP contribution in [0.4, 0.5) is 0 Å². The lowest BCUT2D eigenvalue weighted by Gasteiger charge is -2.28. The van der Waals surface area contributed by atoms with Crippen molar-refractivity contribution in [2.75, 3.05) is 19.6 Å². The van der Waals surface area contributed by atoms with Crippen LogP contribution in [0.3, 0.4) is 0 Å². The fraction of sp³-hybridized carbons (Fsp3) is 1.00. The first kappa shape index (κ1) is 12.0. The largest absolute Gasteiger partial charge is 0.314 e. The highest BCUT2D eigenvalue weighted by Crippen LogP contribution is 2.18. The van der Waals surface area contributed by atoms with Gasteiger partial charge >= 0.3 is 0 Å². The number of piperazine rings is 1. The molecule has 0 aromatic rings. The van der Waals surface area contributed by atoms with Gasteiger partial charge in [0.2, 0.25) is 0 Å². The minimum absolute atomic E-state index is 0.727. The van der Waals surface area contributed by atoms with E-state index in [2.05, 4.69) is 24.5 Å². The zero-order valence-electron chi connectivity index (χ0n) is 9.81. The van der Waals surface area contributed by atoms with Crippen molar-refractivity contribution in [3.63, 3.8) is 0 Å². The van der Waals surface area contributed by atoms with Crippen LogP contribution in [0, 0.1) is 5.92 Å². The summed E-state index contributed by atoms with van der Waals surface area (Å²) in [6.07, 6.45) is 6.87. The minimum atomic E-state index is 0.727. The Balaban J connectivity index is 2.16. The van der Waals surface area contributed by atoms with Gasteiger partial charge in [-0.05, 0) is 12.3 Å². The third-order valence-electron chi connectivity index (χ3n) is 3.29. The summed E-state index contributed by atoms with van der Waals surface area (Å²) >= 11 is 0. The summed E-state index contributed by atoms with van der Waals surface area (Å²) in [5.41, 5.74) is 0. The molecule has 2 N–H and O–H groups in total. The van der Waals surface area contributed by atoms with Crippen LogP contribution in [0.1, 0.15) is 46.0 Å². The Kier molecular flexibility index (Phi) is 6.20. The molecular formula is C12H26N2. The Morgan fingerprint density at radius 1 is 1.29 bits per heavy atom. The summed E-state index contributed by atoms with van der Waals surface area (Å²) in [7, 11) is 0. The molecule has 2 atom stereocenters. The molecule has 0 radical (unpaired) electrons. The second-order valence-electron chi connectivity index (χ2n) is 4.51. The average Bonchev–Trinajstić information content (AvgIpc) is 2.25. The molecular weight excluding hydrogens is 172 g/mol. The van der Waals surface area contributed by atoms with E-state index in [0.29, 0.717) is 0 Å². The minimum Gasteiger partial charge on any atom is -0.314 e. The van der Waals surface area contributed by atoms with Gasteiger partial charge in [0.15, 0.2) is 0 Å². The van der Waals surface area contributed by atoms with E-state index in [0.717, 1.165) is 25.0 Å². The molecule has 0 spiro atoms. The second kappa shape index (κ2) is 7.24. The lowest BCUT2D eigenvalue weighted by atomic mass is 9.91. The first-order valence-corrected chi connectivity index (χ1v) is 6.30. The molecule has 2 heteroatoms. The normalized spacial score (nSPS) is 24.9. The van der Waals surface area contributed by atoms with Crippen LogP contribution in [-0.2, 0) is 0 Å². The average molecular weight is 198 g/mol. The molecule has 0 aliphatic carbocycles. The van der Waals surface area contributed by atoms with Gasteiger partial charge in [-0.25, -0.2) is 0 Å². The number of nitrogens with one attached hydrogen (secondary N) is 2. The van der Waals surface area contributed by atoms with Gasteiger partial charge in [-0.1, -0.05) is 39.5 Å². The van der Waals surface area contributed by atoms with Crippen LogP contribution in [0.5, 0.6) is 0 Å². The Labute approximate surface area is 88.8 Å². The highest BCUT2D eigenvalue weighted by molar-refractivity contribution is 4.77. The summed E-state index contributed by atoms with van der Waals surface area (Å²) in [6.45, 7) is 8.07. The molecule has 0 bridgehead atoms. The zero-order valence-corrected chi connectivity index (χ0v) is 9.81. The summed E-state index contributed by atoms with van der Waals surface area (Å²) in [4.78, 5) is 0. The maximum Gasteiger partial charge on any atom is 0.0195 e. The van der Waals surface area contributed by atoms with Crippen molar-refractivity contribution in [2.24, 2.45) is 5.92 Å². The molecule has 1 heterocycles. The lowest BCUT2D eigenvalue weighted by molar-refractivity contribution is 0.318. The standard InChI is InChI=1S/C12H26N2/c1-3-5-6-11(4-2)9-12-10-13-7-8-14-12/h11-14H,3-10H2,1-2H3. The molecule has 84 valence electrons. The van der Waals surface area contributed by atoms with Gasteiger partial charge in [0.05, 0.1) is 0 Å². The van der Waals surface area contributed by atoms with Gasteiger partial charge in [-0.3, -0.25) is 0 Å². The quantitative estimate of drug-likeness (QED) is 0.683. The maximum absolute atomic E-state index is 3.60. The number of rotatable bonds is 6.